The molecule has 4 heteroatoms. The molecule has 4 nitrogen and oxygen atoms in total. The van der Waals surface area contributed by atoms with Gasteiger partial charge in [0.25, 0.3) is 0 Å². The maximum atomic E-state index is 5.50. The van der Waals surface area contributed by atoms with Gasteiger partial charge in [-0.3, -0.25) is 11.3 Å². The van der Waals surface area contributed by atoms with Gasteiger partial charge in [-0.15, -0.1) is 0 Å². The molecular weight excluding hydrogens is 192 g/mol. The number of hydrazine groups is 1. The summed E-state index contributed by atoms with van der Waals surface area (Å²) in [4.78, 5) is 0. The van der Waals surface area contributed by atoms with E-state index in [-0.39, 0.29) is 6.04 Å². The van der Waals surface area contributed by atoms with Gasteiger partial charge in [0.1, 0.15) is 11.5 Å². The molecular formula is C11H18N2O2. The second kappa shape index (κ2) is 5.58. The summed E-state index contributed by atoms with van der Waals surface area (Å²) in [5.41, 5.74) is 3.72. The number of benzene rings is 1. The zero-order valence-electron chi connectivity index (χ0n) is 9.41. The first-order valence-electron chi connectivity index (χ1n) is 4.95. The van der Waals surface area contributed by atoms with E-state index < -0.39 is 0 Å². The number of hydrogen-bond acceptors (Lipinski definition) is 4. The second-order valence-corrected chi connectivity index (χ2v) is 3.20. The standard InChI is InChI=1S/C11H18N2O2/c1-4-8(13-12)11-9(14-2)6-5-7-10(11)15-3/h5-8,13H,4,12H2,1-3H3. The van der Waals surface area contributed by atoms with Crippen LogP contribution in [0.5, 0.6) is 11.5 Å². The van der Waals surface area contributed by atoms with E-state index in [2.05, 4.69) is 12.3 Å². The van der Waals surface area contributed by atoms with E-state index in [0.29, 0.717) is 0 Å². The fourth-order valence-electron chi connectivity index (χ4n) is 1.63. The van der Waals surface area contributed by atoms with Gasteiger partial charge in [-0.1, -0.05) is 13.0 Å². The smallest absolute Gasteiger partial charge is 0.127 e. The first-order valence-corrected chi connectivity index (χ1v) is 4.95. The third-order valence-electron chi connectivity index (χ3n) is 2.42. The van der Waals surface area contributed by atoms with Gasteiger partial charge in [0.15, 0.2) is 0 Å². The maximum absolute atomic E-state index is 5.50. The van der Waals surface area contributed by atoms with Crippen molar-refractivity contribution in [3.05, 3.63) is 23.8 Å². The lowest BCUT2D eigenvalue weighted by atomic mass is 10.0. The fraction of sp³-hybridized carbons (Fsp3) is 0.455. The molecule has 0 aliphatic rings. The van der Waals surface area contributed by atoms with Gasteiger partial charge >= 0.3 is 0 Å². The molecule has 0 amide bonds. The zero-order valence-corrected chi connectivity index (χ0v) is 9.41. The van der Waals surface area contributed by atoms with E-state index in [1.165, 1.54) is 0 Å². The molecule has 84 valence electrons. The number of methoxy groups -OCH3 is 2. The van der Waals surface area contributed by atoms with Crippen molar-refractivity contribution in [1.82, 2.24) is 5.43 Å². The SMILES string of the molecule is CCC(NN)c1c(OC)cccc1OC. The number of nitrogens with one attached hydrogen (secondary N) is 1. The lowest BCUT2D eigenvalue weighted by Crippen LogP contribution is -2.28. The third-order valence-corrected chi connectivity index (χ3v) is 2.42. The van der Waals surface area contributed by atoms with Gasteiger partial charge in [0.2, 0.25) is 0 Å². The predicted molar refractivity (Wildman–Crippen MR) is 59.9 cm³/mol. The van der Waals surface area contributed by atoms with Crippen LogP contribution in [0.25, 0.3) is 0 Å². The monoisotopic (exact) mass is 210 g/mol. The van der Waals surface area contributed by atoms with Crippen LogP contribution in [0.4, 0.5) is 0 Å². The van der Waals surface area contributed by atoms with Crippen molar-refractivity contribution < 1.29 is 9.47 Å². The van der Waals surface area contributed by atoms with E-state index in [1.807, 2.05) is 18.2 Å². The van der Waals surface area contributed by atoms with Gasteiger partial charge in [0.05, 0.1) is 25.8 Å². The zero-order chi connectivity index (χ0) is 11.3. The third kappa shape index (κ3) is 2.40. The van der Waals surface area contributed by atoms with Gasteiger partial charge < -0.3 is 9.47 Å². The van der Waals surface area contributed by atoms with Gasteiger partial charge in [-0.2, -0.15) is 0 Å². The molecule has 0 spiro atoms. The lowest BCUT2D eigenvalue weighted by Gasteiger charge is -2.20. The quantitative estimate of drug-likeness (QED) is 0.572. The molecule has 1 aromatic carbocycles. The van der Waals surface area contributed by atoms with Crippen LogP contribution in [-0.4, -0.2) is 14.2 Å². The molecule has 1 unspecified atom stereocenters. The molecule has 15 heavy (non-hydrogen) atoms. The van der Waals surface area contributed by atoms with E-state index >= 15 is 0 Å². The van der Waals surface area contributed by atoms with E-state index in [0.717, 1.165) is 23.5 Å². The van der Waals surface area contributed by atoms with E-state index in [4.69, 9.17) is 15.3 Å². The van der Waals surface area contributed by atoms with Crippen LogP contribution in [0.15, 0.2) is 18.2 Å². The topological polar surface area (TPSA) is 56.5 Å². The number of ether oxygens (including phenoxy) is 2. The van der Waals surface area contributed by atoms with E-state index in [9.17, 15) is 0 Å². The Hall–Kier alpha value is -1.26. The average Bonchev–Trinajstić information content (AvgIpc) is 2.30. The highest BCUT2D eigenvalue weighted by molar-refractivity contribution is 5.46. The summed E-state index contributed by atoms with van der Waals surface area (Å²) < 4.78 is 10.6. The molecule has 1 atom stereocenters. The Morgan fingerprint density at radius 1 is 1.27 bits per heavy atom. The summed E-state index contributed by atoms with van der Waals surface area (Å²) in [6.45, 7) is 2.05. The van der Waals surface area contributed by atoms with Crippen molar-refractivity contribution in [1.29, 1.82) is 0 Å². The highest BCUT2D eigenvalue weighted by Crippen LogP contribution is 2.34. The molecule has 0 fully saturated rings. The Balaban J connectivity index is 3.20. The molecule has 0 heterocycles. The molecule has 0 saturated heterocycles. The van der Waals surface area contributed by atoms with Crippen molar-refractivity contribution in [2.45, 2.75) is 19.4 Å². The van der Waals surface area contributed by atoms with Crippen molar-refractivity contribution in [2.75, 3.05) is 14.2 Å². The maximum Gasteiger partial charge on any atom is 0.127 e. The summed E-state index contributed by atoms with van der Waals surface area (Å²) in [6, 6.07) is 5.73. The molecule has 0 aromatic heterocycles. The second-order valence-electron chi connectivity index (χ2n) is 3.20. The van der Waals surface area contributed by atoms with Crippen molar-refractivity contribution in [2.24, 2.45) is 5.84 Å². The fourth-order valence-corrected chi connectivity index (χ4v) is 1.63. The average molecular weight is 210 g/mol. The first kappa shape index (κ1) is 11.8. The van der Waals surface area contributed by atoms with Crippen molar-refractivity contribution in [3.63, 3.8) is 0 Å². The summed E-state index contributed by atoms with van der Waals surface area (Å²) in [6.07, 6.45) is 0.868. The molecule has 1 aromatic rings. The molecule has 3 N–H and O–H groups in total. The van der Waals surface area contributed by atoms with Crippen molar-refractivity contribution in [3.8, 4) is 11.5 Å². The van der Waals surface area contributed by atoms with Gasteiger partial charge in [-0.05, 0) is 18.6 Å². The first-order chi connectivity index (χ1) is 7.28. The van der Waals surface area contributed by atoms with Crippen LogP contribution < -0.4 is 20.7 Å². The normalized spacial score (nSPS) is 12.3. The minimum Gasteiger partial charge on any atom is -0.496 e. The summed E-state index contributed by atoms with van der Waals surface area (Å²) in [5, 5.41) is 0. The molecule has 0 saturated carbocycles. The summed E-state index contributed by atoms with van der Waals surface area (Å²) in [7, 11) is 3.28. The highest BCUT2D eigenvalue weighted by atomic mass is 16.5. The molecule has 0 aliphatic heterocycles. The van der Waals surface area contributed by atoms with Crippen LogP contribution >= 0.6 is 0 Å². The lowest BCUT2D eigenvalue weighted by molar-refractivity contribution is 0.369. The Morgan fingerprint density at radius 2 is 1.80 bits per heavy atom. The Morgan fingerprint density at radius 3 is 2.13 bits per heavy atom. The van der Waals surface area contributed by atoms with Crippen molar-refractivity contribution >= 4 is 0 Å². The van der Waals surface area contributed by atoms with Gasteiger partial charge in [0, 0.05) is 0 Å². The predicted octanol–water partition coefficient (Wildman–Crippen LogP) is 1.62. The summed E-state index contributed by atoms with van der Waals surface area (Å²) in [5.74, 6) is 7.08. The number of hydrogen-bond donors (Lipinski definition) is 2. The Labute approximate surface area is 90.3 Å². The van der Waals surface area contributed by atoms with Crippen LogP contribution in [0.1, 0.15) is 24.9 Å². The largest absolute Gasteiger partial charge is 0.496 e. The van der Waals surface area contributed by atoms with Crippen LogP contribution in [-0.2, 0) is 0 Å². The minimum atomic E-state index is 0.0381. The Bertz CT molecular complexity index is 289. The van der Waals surface area contributed by atoms with Crippen LogP contribution in [0, 0.1) is 0 Å². The molecule has 0 aliphatic carbocycles. The minimum absolute atomic E-state index is 0.0381. The Kier molecular flexibility index (Phi) is 4.39. The van der Waals surface area contributed by atoms with E-state index in [1.54, 1.807) is 14.2 Å². The number of rotatable bonds is 5. The molecule has 0 radical (unpaired) electrons. The van der Waals surface area contributed by atoms with Crippen LogP contribution in [0.2, 0.25) is 0 Å². The molecule has 0 bridgehead atoms. The van der Waals surface area contributed by atoms with Gasteiger partial charge in [-0.25, -0.2) is 0 Å². The van der Waals surface area contributed by atoms with Crippen LogP contribution in [0.3, 0.4) is 0 Å². The highest BCUT2D eigenvalue weighted by Gasteiger charge is 2.17. The summed E-state index contributed by atoms with van der Waals surface area (Å²) >= 11 is 0. The number of nitrogens with two attached hydrogens (primary N) is 1. The molecule has 1 rings (SSSR count).